The summed E-state index contributed by atoms with van der Waals surface area (Å²) in [7, 11) is 0. The highest BCUT2D eigenvalue weighted by Gasteiger charge is 2.24. The minimum Gasteiger partial charge on any atom is -0.426 e. The van der Waals surface area contributed by atoms with Crippen LogP contribution in [-0.4, -0.2) is 41.4 Å². The van der Waals surface area contributed by atoms with E-state index in [1.807, 2.05) is 0 Å². The second-order valence-corrected chi connectivity index (χ2v) is 3.35. The molecule has 0 spiro atoms. The molecule has 0 N–H and O–H groups in total. The van der Waals surface area contributed by atoms with Gasteiger partial charge in [-0.05, 0) is 6.42 Å². The van der Waals surface area contributed by atoms with Crippen LogP contribution in [0.15, 0.2) is 10.8 Å². The van der Waals surface area contributed by atoms with Crippen LogP contribution in [0.5, 0.6) is 0 Å². The Morgan fingerprint density at radius 2 is 2.29 bits per heavy atom. The molecular weight excluding hydrogens is 182 g/mol. The highest BCUT2D eigenvalue weighted by molar-refractivity contribution is 4.88. The molecule has 1 unspecified atom stereocenters. The van der Waals surface area contributed by atoms with Crippen molar-refractivity contribution >= 4 is 0 Å². The molecule has 1 aromatic heterocycles. The van der Waals surface area contributed by atoms with Crippen LogP contribution in [0.2, 0.25) is 0 Å². The quantitative estimate of drug-likeness (QED) is 0.719. The summed E-state index contributed by atoms with van der Waals surface area (Å²) in [6.07, 6.45) is 2.38. The predicted octanol–water partition coefficient (Wildman–Crippen LogP) is 0.853. The summed E-state index contributed by atoms with van der Waals surface area (Å²) in [6.45, 7) is 5.61. The van der Waals surface area contributed by atoms with Gasteiger partial charge in [-0.2, -0.15) is 0 Å². The van der Waals surface area contributed by atoms with Crippen LogP contribution in [0.3, 0.4) is 0 Å². The molecule has 5 nitrogen and oxygen atoms in total. The average Bonchev–Trinajstić information content (AvgIpc) is 2.74. The van der Waals surface area contributed by atoms with Crippen LogP contribution in [0.25, 0.3) is 0 Å². The third-order valence-electron chi connectivity index (χ3n) is 2.54. The lowest BCUT2D eigenvalue weighted by Crippen LogP contribution is -2.39. The van der Waals surface area contributed by atoms with Gasteiger partial charge >= 0.3 is 0 Å². The lowest BCUT2D eigenvalue weighted by atomic mass is 10.2. The fraction of sp³-hybridized carbons (Fsp3) is 0.778. The Morgan fingerprint density at radius 3 is 2.86 bits per heavy atom. The Balaban J connectivity index is 2.04. The minimum atomic E-state index is 0.251. The van der Waals surface area contributed by atoms with Crippen molar-refractivity contribution in [1.29, 1.82) is 0 Å². The first-order chi connectivity index (χ1) is 6.92. The molecule has 0 bridgehead atoms. The van der Waals surface area contributed by atoms with Crippen molar-refractivity contribution in [3.05, 3.63) is 12.3 Å². The molecule has 5 heteroatoms. The van der Waals surface area contributed by atoms with Crippen molar-refractivity contribution in [2.75, 3.05) is 26.3 Å². The van der Waals surface area contributed by atoms with Crippen molar-refractivity contribution in [3.63, 3.8) is 0 Å². The van der Waals surface area contributed by atoms with E-state index in [0.29, 0.717) is 0 Å². The van der Waals surface area contributed by atoms with Gasteiger partial charge in [-0.1, -0.05) is 6.92 Å². The van der Waals surface area contributed by atoms with Crippen LogP contribution < -0.4 is 0 Å². The fourth-order valence-electron chi connectivity index (χ4n) is 1.80. The highest BCUT2D eigenvalue weighted by atomic mass is 16.5. The van der Waals surface area contributed by atoms with Crippen molar-refractivity contribution in [2.24, 2.45) is 0 Å². The zero-order valence-corrected chi connectivity index (χ0v) is 8.35. The molecule has 1 aliphatic heterocycles. The van der Waals surface area contributed by atoms with Gasteiger partial charge in [0.05, 0.1) is 19.3 Å². The molecule has 1 aliphatic rings. The number of rotatable bonds is 3. The molecule has 0 aromatic carbocycles. The molecule has 0 amide bonds. The van der Waals surface area contributed by atoms with E-state index >= 15 is 0 Å². The summed E-state index contributed by atoms with van der Waals surface area (Å²) < 4.78 is 10.5. The third kappa shape index (κ3) is 1.93. The maximum atomic E-state index is 5.30. The number of hydrogen-bond donors (Lipinski definition) is 0. The van der Waals surface area contributed by atoms with Crippen molar-refractivity contribution in [3.8, 4) is 0 Å². The van der Waals surface area contributed by atoms with Crippen LogP contribution >= 0.6 is 0 Å². The molecule has 1 saturated heterocycles. The fourth-order valence-corrected chi connectivity index (χ4v) is 1.80. The first kappa shape index (κ1) is 9.61. The summed E-state index contributed by atoms with van der Waals surface area (Å²) in [6, 6.07) is 0.251. The van der Waals surface area contributed by atoms with Crippen molar-refractivity contribution in [2.45, 2.75) is 19.4 Å². The third-order valence-corrected chi connectivity index (χ3v) is 2.54. The van der Waals surface area contributed by atoms with Crippen LogP contribution in [-0.2, 0) is 4.74 Å². The van der Waals surface area contributed by atoms with Gasteiger partial charge in [0.1, 0.15) is 0 Å². The molecule has 78 valence electrons. The zero-order valence-electron chi connectivity index (χ0n) is 8.35. The zero-order chi connectivity index (χ0) is 9.80. The summed E-state index contributed by atoms with van der Waals surface area (Å²) in [4.78, 5) is 2.33. The summed E-state index contributed by atoms with van der Waals surface area (Å²) in [5.41, 5.74) is 0. The van der Waals surface area contributed by atoms with Gasteiger partial charge in [-0.15, -0.1) is 10.2 Å². The van der Waals surface area contributed by atoms with E-state index in [2.05, 4.69) is 22.0 Å². The summed E-state index contributed by atoms with van der Waals surface area (Å²) in [5.74, 6) is 0.717. The molecule has 14 heavy (non-hydrogen) atoms. The SMILES string of the molecule is CCC(c1nnco1)N1CCOCC1. The molecular formula is C9H15N3O2. The maximum absolute atomic E-state index is 5.30. The lowest BCUT2D eigenvalue weighted by Gasteiger charge is -2.31. The van der Waals surface area contributed by atoms with Crippen LogP contribution in [0, 0.1) is 0 Å². The molecule has 0 saturated carbocycles. The largest absolute Gasteiger partial charge is 0.426 e. The number of hydrogen-bond acceptors (Lipinski definition) is 5. The van der Waals surface area contributed by atoms with E-state index in [1.54, 1.807) is 0 Å². The van der Waals surface area contributed by atoms with Crippen molar-refractivity contribution in [1.82, 2.24) is 15.1 Å². The molecule has 0 aliphatic carbocycles. The molecule has 1 fully saturated rings. The Labute approximate surface area is 83.1 Å². The second-order valence-electron chi connectivity index (χ2n) is 3.35. The number of morpholine rings is 1. The molecule has 2 rings (SSSR count). The standard InChI is InChI=1S/C9H15N3O2/c1-2-8(9-11-10-7-14-9)12-3-5-13-6-4-12/h7-8H,2-6H2,1H3. The van der Waals surface area contributed by atoms with E-state index in [-0.39, 0.29) is 6.04 Å². The summed E-state index contributed by atoms with van der Waals surface area (Å²) in [5, 5.41) is 7.67. The Bertz CT molecular complexity index is 257. The smallest absolute Gasteiger partial charge is 0.233 e. The normalized spacial score (nSPS) is 20.9. The topological polar surface area (TPSA) is 51.4 Å². The molecule has 1 aromatic rings. The van der Waals surface area contributed by atoms with Gasteiger partial charge in [0.25, 0.3) is 0 Å². The van der Waals surface area contributed by atoms with E-state index in [9.17, 15) is 0 Å². The van der Waals surface area contributed by atoms with Gasteiger partial charge in [0, 0.05) is 13.1 Å². The van der Waals surface area contributed by atoms with E-state index in [0.717, 1.165) is 38.6 Å². The minimum absolute atomic E-state index is 0.251. The van der Waals surface area contributed by atoms with Gasteiger partial charge in [0.15, 0.2) is 0 Å². The van der Waals surface area contributed by atoms with Crippen LogP contribution in [0.1, 0.15) is 25.3 Å². The predicted molar refractivity (Wildman–Crippen MR) is 49.7 cm³/mol. The number of aromatic nitrogens is 2. The van der Waals surface area contributed by atoms with E-state index in [4.69, 9.17) is 9.15 Å². The molecule has 2 heterocycles. The first-order valence-electron chi connectivity index (χ1n) is 4.99. The lowest BCUT2D eigenvalue weighted by molar-refractivity contribution is 0.00940. The Kier molecular flexibility index (Phi) is 3.10. The second kappa shape index (κ2) is 4.52. The van der Waals surface area contributed by atoms with E-state index in [1.165, 1.54) is 6.39 Å². The van der Waals surface area contributed by atoms with Gasteiger partial charge < -0.3 is 9.15 Å². The van der Waals surface area contributed by atoms with Gasteiger partial charge in [-0.25, -0.2) is 0 Å². The van der Waals surface area contributed by atoms with Crippen LogP contribution in [0.4, 0.5) is 0 Å². The van der Waals surface area contributed by atoms with Gasteiger partial charge in [-0.3, -0.25) is 4.90 Å². The number of ether oxygens (including phenoxy) is 1. The molecule has 1 atom stereocenters. The summed E-state index contributed by atoms with van der Waals surface area (Å²) >= 11 is 0. The average molecular weight is 197 g/mol. The van der Waals surface area contributed by atoms with Gasteiger partial charge in [0.2, 0.25) is 12.3 Å². The molecule has 0 radical (unpaired) electrons. The highest BCUT2D eigenvalue weighted by Crippen LogP contribution is 2.22. The first-order valence-corrected chi connectivity index (χ1v) is 4.99. The maximum Gasteiger partial charge on any atom is 0.233 e. The Morgan fingerprint density at radius 1 is 1.50 bits per heavy atom. The number of nitrogens with zero attached hydrogens (tertiary/aromatic N) is 3. The van der Waals surface area contributed by atoms with E-state index < -0.39 is 0 Å². The Hall–Kier alpha value is -0.940. The van der Waals surface area contributed by atoms with Crippen molar-refractivity contribution < 1.29 is 9.15 Å². The monoisotopic (exact) mass is 197 g/mol.